The highest BCUT2D eigenvalue weighted by atomic mass is 16.5. The molecule has 2 aliphatic heterocycles. The Hall–Kier alpha value is -1.30. The second-order valence-electron chi connectivity index (χ2n) is 6.21. The molecule has 0 radical (unpaired) electrons. The van der Waals surface area contributed by atoms with Crippen LogP contribution in [-0.4, -0.2) is 53.3 Å². The van der Waals surface area contributed by atoms with E-state index in [1.165, 1.54) is 19.3 Å². The van der Waals surface area contributed by atoms with Crippen LogP contribution in [0.3, 0.4) is 0 Å². The van der Waals surface area contributed by atoms with Crippen LogP contribution in [0.15, 0.2) is 0 Å². The number of fused-ring (bicyclic) bond motifs is 1. The highest BCUT2D eigenvalue weighted by molar-refractivity contribution is 5.87. The number of urea groups is 1. The molecule has 2 heterocycles. The summed E-state index contributed by atoms with van der Waals surface area (Å²) in [6, 6.07) is 0.0754. The average molecular weight is 282 g/mol. The molecule has 3 aliphatic rings. The van der Waals surface area contributed by atoms with Gasteiger partial charge in [-0.25, -0.2) is 9.59 Å². The number of carboxylic acid groups (broad SMARTS) is 1. The maximum atomic E-state index is 12.5. The minimum atomic E-state index is -1.23. The second-order valence-corrected chi connectivity index (χ2v) is 6.21. The van der Waals surface area contributed by atoms with Crippen molar-refractivity contribution in [1.82, 2.24) is 10.2 Å². The Morgan fingerprint density at radius 2 is 2.05 bits per heavy atom. The summed E-state index contributed by atoms with van der Waals surface area (Å²) in [4.78, 5) is 25.8. The first-order valence-corrected chi connectivity index (χ1v) is 7.52. The van der Waals surface area contributed by atoms with E-state index in [0.29, 0.717) is 25.0 Å². The highest BCUT2D eigenvalue weighted by Crippen LogP contribution is 2.37. The van der Waals surface area contributed by atoms with Gasteiger partial charge in [0.15, 0.2) is 5.54 Å². The molecule has 3 rings (SSSR count). The summed E-state index contributed by atoms with van der Waals surface area (Å²) in [5, 5.41) is 12.1. The molecule has 3 unspecified atom stereocenters. The molecule has 3 fully saturated rings. The van der Waals surface area contributed by atoms with Gasteiger partial charge in [0.05, 0.1) is 6.61 Å². The predicted molar refractivity (Wildman–Crippen MR) is 71.4 cm³/mol. The van der Waals surface area contributed by atoms with E-state index in [2.05, 4.69) is 5.32 Å². The Bertz CT molecular complexity index is 406. The molecule has 2 saturated heterocycles. The predicted octanol–water partition coefficient (Wildman–Crippen LogP) is 1.20. The van der Waals surface area contributed by atoms with Crippen LogP contribution >= 0.6 is 0 Å². The molecule has 1 saturated carbocycles. The van der Waals surface area contributed by atoms with E-state index >= 15 is 0 Å². The SMILES string of the molecule is O=C(NC1(C(=O)O)CCOC1)N1CCCC2CCCC21. The van der Waals surface area contributed by atoms with Crippen LogP contribution in [0.4, 0.5) is 4.79 Å². The lowest BCUT2D eigenvalue weighted by Gasteiger charge is -2.39. The van der Waals surface area contributed by atoms with E-state index in [4.69, 9.17) is 4.74 Å². The summed E-state index contributed by atoms with van der Waals surface area (Å²) >= 11 is 0. The van der Waals surface area contributed by atoms with Crippen LogP contribution in [-0.2, 0) is 9.53 Å². The maximum absolute atomic E-state index is 12.5. The smallest absolute Gasteiger partial charge is 0.332 e. The van der Waals surface area contributed by atoms with Crippen LogP contribution in [0.5, 0.6) is 0 Å². The number of nitrogens with one attached hydrogen (secondary N) is 1. The Morgan fingerprint density at radius 3 is 2.75 bits per heavy atom. The highest BCUT2D eigenvalue weighted by Gasteiger charge is 2.46. The third-order valence-corrected chi connectivity index (χ3v) is 5.03. The van der Waals surface area contributed by atoms with Gasteiger partial charge in [0, 0.05) is 25.6 Å². The molecule has 6 heteroatoms. The first kappa shape index (κ1) is 13.7. The van der Waals surface area contributed by atoms with Crippen LogP contribution in [0.25, 0.3) is 0 Å². The Labute approximate surface area is 118 Å². The topological polar surface area (TPSA) is 78.9 Å². The van der Waals surface area contributed by atoms with Gasteiger partial charge in [-0.1, -0.05) is 6.42 Å². The van der Waals surface area contributed by atoms with Crippen molar-refractivity contribution in [3.8, 4) is 0 Å². The van der Waals surface area contributed by atoms with Crippen LogP contribution < -0.4 is 5.32 Å². The van der Waals surface area contributed by atoms with Crippen molar-refractivity contribution in [2.24, 2.45) is 5.92 Å². The van der Waals surface area contributed by atoms with Crippen molar-refractivity contribution in [2.75, 3.05) is 19.8 Å². The number of rotatable bonds is 2. The van der Waals surface area contributed by atoms with Gasteiger partial charge >= 0.3 is 12.0 Å². The summed E-state index contributed by atoms with van der Waals surface area (Å²) in [5.74, 6) is -0.390. The van der Waals surface area contributed by atoms with E-state index < -0.39 is 11.5 Å². The standard InChI is InChI=1S/C14H22N2O4/c17-12(18)14(6-8-20-9-14)15-13(19)16-7-2-4-10-3-1-5-11(10)16/h10-11H,1-9H2,(H,15,19)(H,17,18). The fourth-order valence-corrected chi connectivity index (χ4v) is 3.87. The Kier molecular flexibility index (Phi) is 3.58. The Balaban J connectivity index is 1.70. The number of hydrogen-bond donors (Lipinski definition) is 2. The third-order valence-electron chi connectivity index (χ3n) is 5.03. The minimum Gasteiger partial charge on any atom is -0.479 e. The first-order chi connectivity index (χ1) is 9.62. The Morgan fingerprint density at radius 1 is 1.25 bits per heavy atom. The van der Waals surface area contributed by atoms with Gasteiger partial charge in [-0.15, -0.1) is 0 Å². The molecule has 2 N–H and O–H groups in total. The van der Waals surface area contributed by atoms with Crippen molar-refractivity contribution in [3.05, 3.63) is 0 Å². The number of hydrogen-bond acceptors (Lipinski definition) is 3. The number of carbonyl (C=O) groups is 2. The van der Waals surface area contributed by atoms with Gasteiger partial charge in [0.1, 0.15) is 0 Å². The molecule has 0 aromatic rings. The zero-order valence-corrected chi connectivity index (χ0v) is 11.6. The van der Waals surface area contributed by atoms with Gasteiger partial charge in [0.25, 0.3) is 0 Å². The van der Waals surface area contributed by atoms with E-state index in [-0.39, 0.29) is 12.6 Å². The van der Waals surface area contributed by atoms with Crippen molar-refractivity contribution in [3.63, 3.8) is 0 Å². The van der Waals surface area contributed by atoms with Crippen molar-refractivity contribution in [2.45, 2.75) is 50.1 Å². The number of carbonyl (C=O) groups excluding carboxylic acids is 1. The van der Waals surface area contributed by atoms with E-state index in [9.17, 15) is 14.7 Å². The number of likely N-dealkylation sites (tertiary alicyclic amines) is 1. The number of ether oxygens (including phenoxy) is 1. The van der Waals surface area contributed by atoms with Crippen LogP contribution in [0.1, 0.15) is 38.5 Å². The molecule has 0 spiro atoms. The second kappa shape index (κ2) is 5.24. The van der Waals surface area contributed by atoms with E-state index in [0.717, 1.165) is 19.4 Å². The largest absolute Gasteiger partial charge is 0.479 e. The number of carboxylic acids is 1. The zero-order valence-electron chi connectivity index (χ0n) is 11.6. The van der Waals surface area contributed by atoms with Crippen LogP contribution in [0.2, 0.25) is 0 Å². The van der Waals surface area contributed by atoms with Crippen molar-refractivity contribution in [1.29, 1.82) is 0 Å². The molecule has 2 amide bonds. The lowest BCUT2D eigenvalue weighted by molar-refractivity contribution is -0.144. The summed E-state index contributed by atoms with van der Waals surface area (Å²) < 4.78 is 5.18. The summed E-state index contributed by atoms with van der Waals surface area (Å²) in [5.41, 5.74) is -1.23. The summed E-state index contributed by atoms with van der Waals surface area (Å²) in [6.45, 7) is 1.19. The molecule has 3 atom stereocenters. The first-order valence-electron chi connectivity index (χ1n) is 7.52. The molecule has 0 aromatic heterocycles. The van der Waals surface area contributed by atoms with Gasteiger partial charge in [0.2, 0.25) is 0 Å². The molecular formula is C14H22N2O4. The van der Waals surface area contributed by atoms with Gasteiger partial charge in [-0.05, 0) is 31.6 Å². The van der Waals surface area contributed by atoms with Crippen molar-refractivity contribution < 1.29 is 19.4 Å². The van der Waals surface area contributed by atoms with Gasteiger partial charge in [-0.2, -0.15) is 0 Å². The summed E-state index contributed by atoms with van der Waals surface area (Å²) in [6.07, 6.45) is 5.98. The molecular weight excluding hydrogens is 260 g/mol. The molecule has 6 nitrogen and oxygen atoms in total. The van der Waals surface area contributed by atoms with Crippen LogP contribution in [0, 0.1) is 5.92 Å². The monoisotopic (exact) mass is 282 g/mol. The number of amides is 2. The fraction of sp³-hybridized carbons (Fsp3) is 0.857. The van der Waals surface area contributed by atoms with E-state index in [1.54, 1.807) is 0 Å². The molecule has 0 bridgehead atoms. The third kappa shape index (κ3) is 2.26. The molecule has 1 aliphatic carbocycles. The lowest BCUT2D eigenvalue weighted by Crippen LogP contribution is -2.61. The number of nitrogens with zero attached hydrogens (tertiary/aromatic N) is 1. The van der Waals surface area contributed by atoms with E-state index in [1.807, 2.05) is 4.90 Å². The maximum Gasteiger partial charge on any atom is 0.332 e. The average Bonchev–Trinajstić information content (AvgIpc) is 3.06. The minimum absolute atomic E-state index is 0.0655. The molecule has 20 heavy (non-hydrogen) atoms. The number of piperidine rings is 1. The number of aliphatic carboxylic acids is 1. The van der Waals surface area contributed by atoms with Gasteiger partial charge in [-0.3, -0.25) is 0 Å². The normalized spacial score (nSPS) is 36.7. The lowest BCUT2D eigenvalue weighted by atomic mass is 9.92. The fourth-order valence-electron chi connectivity index (χ4n) is 3.87. The molecule has 0 aromatic carbocycles. The molecule has 112 valence electrons. The zero-order chi connectivity index (χ0) is 14.2. The van der Waals surface area contributed by atoms with Crippen molar-refractivity contribution >= 4 is 12.0 Å². The quantitative estimate of drug-likeness (QED) is 0.798. The summed E-state index contributed by atoms with van der Waals surface area (Å²) in [7, 11) is 0. The van der Waals surface area contributed by atoms with Gasteiger partial charge < -0.3 is 20.1 Å².